The highest BCUT2D eigenvalue weighted by molar-refractivity contribution is 6.07. The molecule has 0 radical (unpaired) electrons. The van der Waals surface area contributed by atoms with E-state index in [1.807, 2.05) is 30.3 Å². The standard InChI is InChI=1S/C18H18N2O2/c1-20(2)18(22)15-10-6-7-11-16(15)19-17(21)13-12-14-8-4-3-5-9-14/h3-13H,1-2H3,(H,19,21)/b13-12+. The Morgan fingerprint density at radius 1 is 0.955 bits per heavy atom. The van der Waals surface area contributed by atoms with E-state index >= 15 is 0 Å². The summed E-state index contributed by atoms with van der Waals surface area (Å²) in [4.78, 5) is 25.6. The molecule has 2 aromatic rings. The third kappa shape index (κ3) is 4.06. The number of nitrogens with zero attached hydrogens (tertiary/aromatic N) is 1. The molecule has 0 atom stereocenters. The third-order valence-electron chi connectivity index (χ3n) is 3.05. The van der Waals surface area contributed by atoms with Crippen molar-refractivity contribution in [2.75, 3.05) is 19.4 Å². The van der Waals surface area contributed by atoms with Crippen LogP contribution in [0.5, 0.6) is 0 Å². The second kappa shape index (κ2) is 7.22. The van der Waals surface area contributed by atoms with E-state index in [9.17, 15) is 9.59 Å². The van der Waals surface area contributed by atoms with Gasteiger partial charge >= 0.3 is 0 Å². The topological polar surface area (TPSA) is 49.4 Å². The number of amides is 2. The van der Waals surface area contributed by atoms with Crippen LogP contribution in [0.1, 0.15) is 15.9 Å². The molecule has 0 unspecified atom stereocenters. The van der Waals surface area contributed by atoms with Crippen molar-refractivity contribution in [3.8, 4) is 0 Å². The number of nitrogens with one attached hydrogen (secondary N) is 1. The lowest BCUT2D eigenvalue weighted by molar-refractivity contribution is -0.111. The fourth-order valence-corrected chi connectivity index (χ4v) is 1.93. The quantitative estimate of drug-likeness (QED) is 0.881. The van der Waals surface area contributed by atoms with Crippen LogP contribution in [0.15, 0.2) is 60.7 Å². The first-order chi connectivity index (χ1) is 10.6. The number of carbonyl (C=O) groups is 2. The zero-order valence-electron chi connectivity index (χ0n) is 12.6. The van der Waals surface area contributed by atoms with Crippen molar-refractivity contribution >= 4 is 23.6 Å². The molecule has 0 bridgehead atoms. The Morgan fingerprint density at radius 3 is 2.27 bits per heavy atom. The minimum absolute atomic E-state index is 0.150. The van der Waals surface area contributed by atoms with Gasteiger partial charge in [-0.2, -0.15) is 0 Å². The summed E-state index contributed by atoms with van der Waals surface area (Å²) in [7, 11) is 3.35. The molecule has 2 aromatic carbocycles. The van der Waals surface area contributed by atoms with E-state index in [1.165, 1.54) is 11.0 Å². The summed E-state index contributed by atoms with van der Waals surface area (Å²) in [5, 5.41) is 2.74. The molecule has 0 saturated carbocycles. The molecule has 4 heteroatoms. The van der Waals surface area contributed by atoms with Gasteiger partial charge in [0.05, 0.1) is 11.3 Å². The first-order valence-electron chi connectivity index (χ1n) is 6.92. The van der Waals surface area contributed by atoms with Crippen LogP contribution in [0.2, 0.25) is 0 Å². The van der Waals surface area contributed by atoms with E-state index in [1.54, 1.807) is 44.4 Å². The normalized spacial score (nSPS) is 10.5. The molecule has 4 nitrogen and oxygen atoms in total. The third-order valence-corrected chi connectivity index (χ3v) is 3.05. The average molecular weight is 294 g/mol. The molecule has 1 N–H and O–H groups in total. The second-order valence-electron chi connectivity index (χ2n) is 4.98. The van der Waals surface area contributed by atoms with Crippen molar-refractivity contribution in [2.24, 2.45) is 0 Å². The van der Waals surface area contributed by atoms with Gasteiger partial charge in [-0.15, -0.1) is 0 Å². The van der Waals surface area contributed by atoms with Crippen LogP contribution >= 0.6 is 0 Å². The van der Waals surface area contributed by atoms with E-state index in [-0.39, 0.29) is 11.8 Å². The minimum atomic E-state index is -0.275. The van der Waals surface area contributed by atoms with Gasteiger partial charge in [-0.1, -0.05) is 42.5 Å². The summed E-state index contributed by atoms with van der Waals surface area (Å²) in [6.45, 7) is 0. The monoisotopic (exact) mass is 294 g/mol. The number of hydrogen-bond donors (Lipinski definition) is 1. The van der Waals surface area contributed by atoms with Crippen LogP contribution in [-0.4, -0.2) is 30.8 Å². The molecule has 0 heterocycles. The zero-order valence-corrected chi connectivity index (χ0v) is 12.6. The SMILES string of the molecule is CN(C)C(=O)c1ccccc1NC(=O)/C=C/c1ccccc1. The number of benzene rings is 2. The highest BCUT2D eigenvalue weighted by Crippen LogP contribution is 2.16. The van der Waals surface area contributed by atoms with E-state index in [0.717, 1.165) is 5.56 Å². The van der Waals surface area contributed by atoms with Crippen LogP contribution in [-0.2, 0) is 4.79 Å². The molecule has 22 heavy (non-hydrogen) atoms. The summed E-state index contributed by atoms with van der Waals surface area (Å²) in [6, 6.07) is 16.5. The Kier molecular flexibility index (Phi) is 5.09. The first kappa shape index (κ1) is 15.5. The van der Waals surface area contributed by atoms with Gasteiger partial charge in [0.25, 0.3) is 5.91 Å². The Bertz CT molecular complexity index is 691. The number of carbonyl (C=O) groups excluding carboxylic acids is 2. The lowest BCUT2D eigenvalue weighted by Gasteiger charge is -2.14. The van der Waals surface area contributed by atoms with Crippen molar-refractivity contribution in [1.29, 1.82) is 0 Å². The first-order valence-corrected chi connectivity index (χ1v) is 6.92. The molecule has 0 aliphatic carbocycles. The van der Waals surface area contributed by atoms with Gasteiger partial charge < -0.3 is 10.2 Å². The summed E-state index contributed by atoms with van der Waals surface area (Å²) in [6.07, 6.45) is 3.18. The lowest BCUT2D eigenvalue weighted by Crippen LogP contribution is -2.23. The summed E-state index contributed by atoms with van der Waals surface area (Å²) >= 11 is 0. The Hall–Kier alpha value is -2.88. The Balaban J connectivity index is 2.12. The summed E-state index contributed by atoms with van der Waals surface area (Å²) < 4.78 is 0. The minimum Gasteiger partial charge on any atom is -0.345 e. The van der Waals surface area contributed by atoms with Crippen molar-refractivity contribution in [2.45, 2.75) is 0 Å². The van der Waals surface area contributed by atoms with E-state index in [0.29, 0.717) is 11.3 Å². The van der Waals surface area contributed by atoms with Gasteiger partial charge in [0.2, 0.25) is 5.91 Å². The fraction of sp³-hybridized carbons (Fsp3) is 0.111. The number of anilines is 1. The molecular weight excluding hydrogens is 276 g/mol. The van der Waals surface area contributed by atoms with Gasteiger partial charge in [-0.3, -0.25) is 9.59 Å². The maximum absolute atomic E-state index is 12.1. The number of para-hydroxylation sites is 1. The molecule has 0 saturated heterocycles. The van der Waals surface area contributed by atoms with Crippen LogP contribution < -0.4 is 5.32 Å². The Morgan fingerprint density at radius 2 is 1.59 bits per heavy atom. The number of rotatable bonds is 4. The van der Waals surface area contributed by atoms with Crippen molar-refractivity contribution in [3.05, 3.63) is 71.8 Å². The van der Waals surface area contributed by atoms with Crippen molar-refractivity contribution < 1.29 is 9.59 Å². The lowest BCUT2D eigenvalue weighted by atomic mass is 10.1. The predicted molar refractivity (Wildman–Crippen MR) is 88.6 cm³/mol. The van der Waals surface area contributed by atoms with Crippen LogP contribution in [0.4, 0.5) is 5.69 Å². The highest BCUT2D eigenvalue weighted by Gasteiger charge is 2.13. The van der Waals surface area contributed by atoms with Crippen molar-refractivity contribution in [1.82, 2.24) is 4.90 Å². The fourth-order valence-electron chi connectivity index (χ4n) is 1.93. The molecule has 0 fully saturated rings. The van der Waals surface area contributed by atoms with E-state index < -0.39 is 0 Å². The van der Waals surface area contributed by atoms with Crippen LogP contribution in [0.3, 0.4) is 0 Å². The van der Waals surface area contributed by atoms with Crippen LogP contribution in [0, 0.1) is 0 Å². The largest absolute Gasteiger partial charge is 0.345 e. The summed E-state index contributed by atoms with van der Waals surface area (Å²) in [5.74, 6) is -0.425. The molecular formula is C18H18N2O2. The Labute approximate surface area is 130 Å². The molecule has 0 spiro atoms. The smallest absolute Gasteiger partial charge is 0.255 e. The highest BCUT2D eigenvalue weighted by atomic mass is 16.2. The van der Waals surface area contributed by atoms with Crippen molar-refractivity contribution in [3.63, 3.8) is 0 Å². The zero-order chi connectivity index (χ0) is 15.9. The average Bonchev–Trinajstić information content (AvgIpc) is 2.53. The van der Waals surface area contributed by atoms with Gasteiger partial charge in [-0.05, 0) is 23.8 Å². The molecule has 2 amide bonds. The predicted octanol–water partition coefficient (Wildman–Crippen LogP) is 3.04. The van der Waals surface area contributed by atoms with Gasteiger partial charge in [-0.25, -0.2) is 0 Å². The van der Waals surface area contributed by atoms with Gasteiger partial charge in [0.15, 0.2) is 0 Å². The number of hydrogen-bond acceptors (Lipinski definition) is 2. The van der Waals surface area contributed by atoms with Gasteiger partial charge in [0.1, 0.15) is 0 Å². The molecule has 0 aliphatic heterocycles. The molecule has 2 rings (SSSR count). The molecule has 112 valence electrons. The second-order valence-corrected chi connectivity index (χ2v) is 4.98. The maximum atomic E-state index is 12.1. The molecule has 0 aromatic heterocycles. The van der Waals surface area contributed by atoms with E-state index in [2.05, 4.69) is 5.32 Å². The van der Waals surface area contributed by atoms with E-state index in [4.69, 9.17) is 0 Å². The summed E-state index contributed by atoms with van der Waals surface area (Å²) in [5.41, 5.74) is 1.91. The molecule has 0 aliphatic rings. The van der Waals surface area contributed by atoms with Gasteiger partial charge in [0, 0.05) is 20.2 Å². The van der Waals surface area contributed by atoms with Crippen LogP contribution in [0.25, 0.3) is 6.08 Å². The maximum Gasteiger partial charge on any atom is 0.255 e.